The highest BCUT2D eigenvalue weighted by atomic mass is 79.9. The quantitative estimate of drug-likeness (QED) is 0.858. The van der Waals surface area contributed by atoms with Crippen molar-refractivity contribution in [2.45, 2.75) is 6.61 Å². The second-order valence-electron chi connectivity index (χ2n) is 3.19. The van der Waals surface area contributed by atoms with Crippen LogP contribution in [0.4, 0.5) is 4.39 Å². The lowest BCUT2D eigenvalue weighted by Crippen LogP contribution is -1.99. The number of aromatic nitrogens is 1. The van der Waals surface area contributed by atoms with Crippen molar-refractivity contribution in [1.82, 2.24) is 4.98 Å². The Kier molecular flexibility index (Phi) is 3.51. The van der Waals surface area contributed by atoms with Crippen molar-refractivity contribution in [3.05, 3.63) is 58.6 Å². The van der Waals surface area contributed by atoms with Gasteiger partial charge in [-0.3, -0.25) is 4.98 Å². The number of benzene rings is 1. The topological polar surface area (TPSA) is 22.1 Å². The molecule has 2 nitrogen and oxygen atoms in total. The molecular formula is C12H9BrFNO. The third kappa shape index (κ3) is 2.79. The zero-order valence-corrected chi connectivity index (χ0v) is 9.95. The van der Waals surface area contributed by atoms with Crippen LogP contribution in [-0.2, 0) is 6.61 Å². The van der Waals surface area contributed by atoms with Crippen molar-refractivity contribution in [3.8, 4) is 5.75 Å². The lowest BCUT2D eigenvalue weighted by Gasteiger charge is -2.06. The Morgan fingerprint density at radius 3 is 2.69 bits per heavy atom. The molecule has 0 spiro atoms. The van der Waals surface area contributed by atoms with E-state index < -0.39 is 0 Å². The maximum Gasteiger partial charge on any atom is 0.165 e. The molecule has 2 rings (SSSR count). The van der Waals surface area contributed by atoms with E-state index in [4.69, 9.17) is 4.74 Å². The molecule has 2 aromatic rings. The number of halogens is 2. The lowest BCUT2D eigenvalue weighted by molar-refractivity contribution is 0.286. The number of hydrogen-bond donors (Lipinski definition) is 0. The predicted octanol–water partition coefficient (Wildman–Crippen LogP) is 3.56. The molecule has 0 saturated carbocycles. The summed E-state index contributed by atoms with van der Waals surface area (Å²) in [7, 11) is 0. The fourth-order valence-electron chi connectivity index (χ4n) is 1.21. The summed E-state index contributed by atoms with van der Waals surface area (Å²) in [5, 5.41) is 0. The first-order chi connectivity index (χ1) is 7.75. The fourth-order valence-corrected chi connectivity index (χ4v) is 1.44. The summed E-state index contributed by atoms with van der Waals surface area (Å²) in [6.45, 7) is 0.258. The molecule has 0 aliphatic carbocycles. The van der Waals surface area contributed by atoms with Gasteiger partial charge in [0.1, 0.15) is 6.61 Å². The third-order valence-electron chi connectivity index (χ3n) is 2.00. The molecule has 16 heavy (non-hydrogen) atoms. The van der Waals surface area contributed by atoms with Crippen LogP contribution in [0.1, 0.15) is 5.69 Å². The molecule has 0 saturated heterocycles. The fraction of sp³-hybridized carbons (Fsp3) is 0.0833. The molecule has 0 unspecified atom stereocenters. The van der Waals surface area contributed by atoms with Gasteiger partial charge < -0.3 is 4.74 Å². The molecule has 0 aliphatic rings. The van der Waals surface area contributed by atoms with Gasteiger partial charge in [-0.2, -0.15) is 0 Å². The minimum atomic E-state index is -0.361. The van der Waals surface area contributed by atoms with E-state index >= 15 is 0 Å². The number of pyridine rings is 1. The van der Waals surface area contributed by atoms with Crippen LogP contribution in [0.25, 0.3) is 0 Å². The van der Waals surface area contributed by atoms with Crippen LogP contribution in [0.3, 0.4) is 0 Å². The Balaban J connectivity index is 2.02. The van der Waals surface area contributed by atoms with Gasteiger partial charge in [-0.25, -0.2) is 4.39 Å². The Bertz CT molecular complexity index is 473. The molecule has 1 aromatic carbocycles. The van der Waals surface area contributed by atoms with Gasteiger partial charge in [0.05, 0.1) is 5.69 Å². The maximum absolute atomic E-state index is 13.2. The van der Waals surface area contributed by atoms with E-state index in [-0.39, 0.29) is 18.2 Å². The first-order valence-corrected chi connectivity index (χ1v) is 5.53. The minimum absolute atomic E-state index is 0.243. The van der Waals surface area contributed by atoms with E-state index in [1.807, 2.05) is 12.1 Å². The molecule has 0 bridgehead atoms. The first-order valence-electron chi connectivity index (χ1n) is 4.73. The summed E-state index contributed by atoms with van der Waals surface area (Å²) >= 11 is 3.29. The standard InChI is InChI=1S/C12H9BrFNO/c13-9-5-6-10(15-7-9)8-16-12-4-2-1-3-11(12)14/h1-7H,8H2. The van der Waals surface area contributed by atoms with Gasteiger partial charge in [0.25, 0.3) is 0 Å². The van der Waals surface area contributed by atoms with Crippen LogP contribution in [0.2, 0.25) is 0 Å². The van der Waals surface area contributed by atoms with Gasteiger partial charge in [-0.05, 0) is 40.2 Å². The highest BCUT2D eigenvalue weighted by Crippen LogP contribution is 2.17. The average molecular weight is 282 g/mol. The van der Waals surface area contributed by atoms with Gasteiger partial charge in [0.15, 0.2) is 11.6 Å². The van der Waals surface area contributed by atoms with Crippen molar-refractivity contribution >= 4 is 15.9 Å². The van der Waals surface area contributed by atoms with E-state index in [0.29, 0.717) is 0 Å². The molecule has 1 heterocycles. The van der Waals surface area contributed by atoms with Crippen molar-refractivity contribution in [3.63, 3.8) is 0 Å². The van der Waals surface area contributed by atoms with Crippen molar-refractivity contribution in [1.29, 1.82) is 0 Å². The molecule has 0 fully saturated rings. The SMILES string of the molecule is Fc1ccccc1OCc1ccc(Br)cn1. The monoisotopic (exact) mass is 281 g/mol. The average Bonchev–Trinajstić information content (AvgIpc) is 2.30. The van der Waals surface area contributed by atoms with Crippen molar-refractivity contribution in [2.24, 2.45) is 0 Å². The molecule has 82 valence electrons. The molecule has 0 N–H and O–H groups in total. The number of rotatable bonds is 3. The largest absolute Gasteiger partial charge is 0.484 e. The van der Waals surface area contributed by atoms with E-state index in [1.54, 1.807) is 24.4 Å². The van der Waals surface area contributed by atoms with Gasteiger partial charge in [0, 0.05) is 10.7 Å². The highest BCUT2D eigenvalue weighted by Gasteiger charge is 2.02. The Hall–Kier alpha value is -1.42. The summed E-state index contributed by atoms with van der Waals surface area (Å²) in [4.78, 5) is 4.13. The summed E-state index contributed by atoms with van der Waals surface area (Å²) in [6.07, 6.45) is 1.68. The second kappa shape index (κ2) is 5.07. The van der Waals surface area contributed by atoms with Crippen LogP contribution in [0, 0.1) is 5.82 Å². The Morgan fingerprint density at radius 2 is 2.00 bits per heavy atom. The van der Waals surface area contributed by atoms with E-state index in [1.165, 1.54) is 6.07 Å². The molecule has 0 atom stereocenters. The third-order valence-corrected chi connectivity index (χ3v) is 2.47. The molecule has 4 heteroatoms. The molecule has 1 aromatic heterocycles. The Morgan fingerprint density at radius 1 is 1.19 bits per heavy atom. The zero-order valence-electron chi connectivity index (χ0n) is 8.36. The second-order valence-corrected chi connectivity index (χ2v) is 4.10. The molecule has 0 aliphatic heterocycles. The predicted molar refractivity (Wildman–Crippen MR) is 62.7 cm³/mol. The van der Waals surface area contributed by atoms with Gasteiger partial charge in [-0.15, -0.1) is 0 Å². The normalized spacial score (nSPS) is 10.1. The minimum Gasteiger partial charge on any atom is -0.484 e. The maximum atomic E-state index is 13.2. The lowest BCUT2D eigenvalue weighted by atomic mass is 10.3. The highest BCUT2D eigenvalue weighted by molar-refractivity contribution is 9.10. The van der Waals surface area contributed by atoms with Crippen LogP contribution in [0.5, 0.6) is 5.75 Å². The summed E-state index contributed by atoms with van der Waals surface area (Å²) in [6, 6.07) is 10.0. The number of nitrogens with zero attached hydrogens (tertiary/aromatic N) is 1. The summed E-state index contributed by atoms with van der Waals surface area (Å²) < 4.78 is 19.4. The van der Waals surface area contributed by atoms with E-state index in [9.17, 15) is 4.39 Å². The van der Waals surface area contributed by atoms with Crippen LogP contribution >= 0.6 is 15.9 Å². The number of ether oxygens (including phenoxy) is 1. The number of para-hydroxylation sites is 1. The molecule has 0 radical (unpaired) electrons. The van der Waals surface area contributed by atoms with Crippen LogP contribution in [0.15, 0.2) is 47.1 Å². The molecule has 0 amide bonds. The van der Waals surface area contributed by atoms with Crippen LogP contribution in [-0.4, -0.2) is 4.98 Å². The molecular weight excluding hydrogens is 273 g/mol. The first kappa shape index (κ1) is 11.1. The number of hydrogen-bond acceptors (Lipinski definition) is 2. The van der Waals surface area contributed by atoms with Crippen molar-refractivity contribution < 1.29 is 9.13 Å². The van der Waals surface area contributed by atoms with Gasteiger partial charge >= 0.3 is 0 Å². The van der Waals surface area contributed by atoms with E-state index in [0.717, 1.165) is 10.2 Å². The summed E-state index contributed by atoms with van der Waals surface area (Å²) in [5.41, 5.74) is 0.756. The van der Waals surface area contributed by atoms with Gasteiger partial charge in [0.2, 0.25) is 0 Å². The van der Waals surface area contributed by atoms with E-state index in [2.05, 4.69) is 20.9 Å². The zero-order chi connectivity index (χ0) is 11.4. The van der Waals surface area contributed by atoms with Gasteiger partial charge in [-0.1, -0.05) is 12.1 Å². The van der Waals surface area contributed by atoms with Crippen molar-refractivity contribution in [2.75, 3.05) is 0 Å². The smallest absolute Gasteiger partial charge is 0.165 e. The summed E-state index contributed by atoms with van der Waals surface area (Å²) in [5.74, 6) is -0.119. The van der Waals surface area contributed by atoms with Crippen LogP contribution < -0.4 is 4.74 Å². The Labute approximate surface area is 101 Å².